The smallest absolute Gasteiger partial charge is 0.122 e. The summed E-state index contributed by atoms with van der Waals surface area (Å²) in [5.41, 5.74) is 0.949. The minimum Gasteiger partial charge on any atom is -0.508 e. The normalized spacial score (nSPS) is 18.2. The van der Waals surface area contributed by atoms with Gasteiger partial charge < -0.3 is 10.4 Å². The lowest BCUT2D eigenvalue weighted by atomic mass is 10.00. The SMILES string of the molecule is C=CC[C@H](c1c(O)cc(Br)cc1Br)N1CCNCC1. The van der Waals surface area contributed by atoms with E-state index >= 15 is 0 Å². The van der Waals surface area contributed by atoms with Crippen molar-refractivity contribution in [2.24, 2.45) is 0 Å². The fourth-order valence-corrected chi connectivity index (χ4v) is 3.97. The summed E-state index contributed by atoms with van der Waals surface area (Å²) >= 11 is 6.97. The molecule has 0 radical (unpaired) electrons. The van der Waals surface area contributed by atoms with E-state index in [0.717, 1.165) is 47.1 Å². The van der Waals surface area contributed by atoms with Gasteiger partial charge in [-0.05, 0) is 18.6 Å². The summed E-state index contributed by atoms with van der Waals surface area (Å²) in [7, 11) is 0. The van der Waals surface area contributed by atoms with Gasteiger partial charge in [-0.25, -0.2) is 0 Å². The average molecular weight is 390 g/mol. The molecule has 1 aliphatic heterocycles. The van der Waals surface area contributed by atoms with Crippen LogP contribution in [-0.4, -0.2) is 36.2 Å². The van der Waals surface area contributed by atoms with Crippen molar-refractivity contribution in [3.05, 3.63) is 39.3 Å². The van der Waals surface area contributed by atoms with Crippen LogP contribution in [0.5, 0.6) is 5.75 Å². The molecule has 3 nitrogen and oxygen atoms in total. The molecule has 5 heteroatoms. The Labute approximate surface area is 130 Å². The molecule has 0 saturated carbocycles. The second kappa shape index (κ2) is 6.88. The van der Waals surface area contributed by atoms with E-state index in [0.29, 0.717) is 5.75 Å². The third-order valence-corrected chi connectivity index (χ3v) is 4.50. The third kappa shape index (κ3) is 3.60. The van der Waals surface area contributed by atoms with Crippen molar-refractivity contribution in [3.8, 4) is 5.75 Å². The number of nitrogens with zero attached hydrogens (tertiary/aromatic N) is 1. The number of nitrogens with one attached hydrogen (secondary N) is 1. The zero-order valence-corrected chi connectivity index (χ0v) is 13.9. The Morgan fingerprint density at radius 2 is 2.05 bits per heavy atom. The topological polar surface area (TPSA) is 35.5 Å². The fourth-order valence-electron chi connectivity index (χ4n) is 2.50. The van der Waals surface area contributed by atoms with Gasteiger partial charge in [0.1, 0.15) is 5.75 Å². The summed E-state index contributed by atoms with van der Waals surface area (Å²) in [6.45, 7) is 7.80. The summed E-state index contributed by atoms with van der Waals surface area (Å²) in [4.78, 5) is 2.39. The highest BCUT2D eigenvalue weighted by atomic mass is 79.9. The fraction of sp³-hybridized carbons (Fsp3) is 0.429. The van der Waals surface area contributed by atoms with Crippen LogP contribution in [0.4, 0.5) is 0 Å². The molecule has 0 spiro atoms. The summed E-state index contributed by atoms with van der Waals surface area (Å²) in [5.74, 6) is 0.326. The van der Waals surface area contributed by atoms with E-state index in [9.17, 15) is 5.11 Å². The minimum atomic E-state index is 0.169. The molecule has 1 aliphatic rings. The molecule has 2 rings (SSSR count). The van der Waals surface area contributed by atoms with Crippen LogP contribution in [0.3, 0.4) is 0 Å². The third-order valence-electron chi connectivity index (χ3n) is 3.39. The highest BCUT2D eigenvalue weighted by Gasteiger charge is 2.25. The van der Waals surface area contributed by atoms with Gasteiger partial charge in [-0.3, -0.25) is 4.90 Å². The molecule has 1 aromatic carbocycles. The summed E-state index contributed by atoms with van der Waals surface area (Å²) < 4.78 is 1.81. The molecule has 1 heterocycles. The maximum Gasteiger partial charge on any atom is 0.122 e. The highest BCUT2D eigenvalue weighted by Crippen LogP contribution is 2.39. The zero-order chi connectivity index (χ0) is 13.8. The van der Waals surface area contributed by atoms with Crippen molar-refractivity contribution in [1.82, 2.24) is 10.2 Å². The second-order valence-corrected chi connectivity index (χ2v) is 6.42. The van der Waals surface area contributed by atoms with Gasteiger partial charge in [0.05, 0.1) is 0 Å². The number of hydrogen-bond donors (Lipinski definition) is 2. The van der Waals surface area contributed by atoms with Crippen molar-refractivity contribution in [1.29, 1.82) is 0 Å². The van der Waals surface area contributed by atoms with Gasteiger partial charge in [0.2, 0.25) is 0 Å². The van der Waals surface area contributed by atoms with Crippen LogP contribution < -0.4 is 5.32 Å². The van der Waals surface area contributed by atoms with Crippen molar-refractivity contribution in [3.63, 3.8) is 0 Å². The molecule has 1 aromatic rings. The van der Waals surface area contributed by atoms with Crippen LogP contribution in [0, 0.1) is 0 Å². The molecular weight excluding hydrogens is 372 g/mol. The predicted octanol–water partition coefficient (Wildman–Crippen LogP) is 3.44. The van der Waals surface area contributed by atoms with Crippen LogP contribution in [0.1, 0.15) is 18.0 Å². The molecule has 0 unspecified atom stereocenters. The molecule has 0 aliphatic carbocycles. The number of phenolic OH excluding ortho intramolecular Hbond substituents is 1. The summed E-state index contributed by atoms with van der Waals surface area (Å²) in [6, 6.07) is 3.90. The Bertz CT molecular complexity index is 436. The van der Waals surface area contributed by atoms with Gasteiger partial charge in [0, 0.05) is 46.7 Å². The van der Waals surface area contributed by atoms with Crippen LogP contribution in [0.25, 0.3) is 0 Å². The van der Waals surface area contributed by atoms with E-state index in [-0.39, 0.29) is 6.04 Å². The number of piperazine rings is 1. The van der Waals surface area contributed by atoms with Gasteiger partial charge in [0.15, 0.2) is 0 Å². The second-order valence-electron chi connectivity index (χ2n) is 4.65. The molecule has 0 aromatic heterocycles. The largest absolute Gasteiger partial charge is 0.508 e. The van der Waals surface area contributed by atoms with Gasteiger partial charge in [-0.2, -0.15) is 0 Å². The van der Waals surface area contributed by atoms with Crippen LogP contribution in [0.2, 0.25) is 0 Å². The predicted molar refractivity (Wildman–Crippen MR) is 85.5 cm³/mol. The molecule has 0 amide bonds. The molecule has 1 atom stereocenters. The quantitative estimate of drug-likeness (QED) is 0.774. The maximum atomic E-state index is 10.3. The number of phenols is 1. The van der Waals surface area contributed by atoms with Crippen molar-refractivity contribution in [2.75, 3.05) is 26.2 Å². The standard InChI is InChI=1S/C14H18Br2N2O/c1-2-3-12(18-6-4-17-5-7-18)14-11(16)8-10(15)9-13(14)19/h2,8-9,12,17,19H,1,3-7H2/t12-/m1/s1. The zero-order valence-electron chi connectivity index (χ0n) is 10.7. The average Bonchev–Trinajstić information content (AvgIpc) is 2.37. The highest BCUT2D eigenvalue weighted by molar-refractivity contribution is 9.11. The Kier molecular flexibility index (Phi) is 5.45. The molecule has 1 saturated heterocycles. The number of rotatable bonds is 4. The Hall–Kier alpha value is -0.360. The monoisotopic (exact) mass is 388 g/mol. The molecule has 104 valence electrons. The van der Waals surface area contributed by atoms with Gasteiger partial charge >= 0.3 is 0 Å². The molecule has 0 bridgehead atoms. The molecule has 19 heavy (non-hydrogen) atoms. The first kappa shape index (κ1) is 15.0. The first-order valence-corrected chi connectivity index (χ1v) is 7.95. The number of halogens is 2. The van der Waals surface area contributed by atoms with Gasteiger partial charge in [-0.15, -0.1) is 6.58 Å². The Morgan fingerprint density at radius 1 is 1.37 bits per heavy atom. The summed E-state index contributed by atoms with van der Waals surface area (Å²) in [5, 5.41) is 13.6. The van der Waals surface area contributed by atoms with Crippen LogP contribution in [0.15, 0.2) is 33.7 Å². The summed E-state index contributed by atoms with van der Waals surface area (Å²) in [6.07, 6.45) is 2.74. The van der Waals surface area contributed by atoms with E-state index in [1.165, 1.54) is 0 Å². The van der Waals surface area contributed by atoms with E-state index in [4.69, 9.17) is 0 Å². The van der Waals surface area contributed by atoms with E-state index in [2.05, 4.69) is 48.7 Å². The Balaban J connectivity index is 2.35. The molecule has 1 fully saturated rings. The lowest BCUT2D eigenvalue weighted by molar-refractivity contribution is 0.171. The van der Waals surface area contributed by atoms with Crippen molar-refractivity contribution >= 4 is 31.9 Å². The van der Waals surface area contributed by atoms with E-state index in [1.54, 1.807) is 6.07 Å². The number of hydrogen-bond acceptors (Lipinski definition) is 3. The minimum absolute atomic E-state index is 0.169. The van der Waals surface area contributed by atoms with Gasteiger partial charge in [0.25, 0.3) is 0 Å². The lowest BCUT2D eigenvalue weighted by Crippen LogP contribution is -2.45. The van der Waals surface area contributed by atoms with Crippen LogP contribution >= 0.6 is 31.9 Å². The number of aromatic hydroxyl groups is 1. The lowest BCUT2D eigenvalue weighted by Gasteiger charge is -2.35. The number of benzene rings is 1. The van der Waals surface area contributed by atoms with Crippen molar-refractivity contribution < 1.29 is 5.11 Å². The molecular formula is C14H18Br2N2O. The van der Waals surface area contributed by atoms with Crippen molar-refractivity contribution in [2.45, 2.75) is 12.5 Å². The molecule has 2 N–H and O–H groups in total. The maximum absolute atomic E-state index is 10.3. The van der Waals surface area contributed by atoms with E-state index in [1.807, 2.05) is 12.1 Å². The first-order valence-electron chi connectivity index (χ1n) is 6.37. The van der Waals surface area contributed by atoms with Gasteiger partial charge in [-0.1, -0.05) is 37.9 Å². The first-order chi connectivity index (χ1) is 9.13. The van der Waals surface area contributed by atoms with E-state index < -0.39 is 0 Å². The Morgan fingerprint density at radius 3 is 2.63 bits per heavy atom. The van der Waals surface area contributed by atoms with Crippen LogP contribution in [-0.2, 0) is 0 Å².